The number of aliphatic hydroxyl groups excluding tert-OH is 1. The molecule has 0 bridgehead atoms. The van der Waals surface area contributed by atoms with Crippen molar-refractivity contribution in [2.75, 3.05) is 27.7 Å². The monoisotopic (exact) mass is 352 g/mol. The molecule has 2 amide bonds. The molecule has 1 atom stereocenters. The Balaban J connectivity index is 2.91. The summed E-state index contributed by atoms with van der Waals surface area (Å²) in [5.74, 6) is 0.408. The molecule has 1 aromatic carbocycles. The van der Waals surface area contributed by atoms with E-state index in [4.69, 9.17) is 9.47 Å². The lowest BCUT2D eigenvalue weighted by atomic mass is 10.0. The van der Waals surface area contributed by atoms with E-state index >= 15 is 0 Å². The average Bonchev–Trinajstić information content (AvgIpc) is 2.51. The van der Waals surface area contributed by atoms with Gasteiger partial charge in [-0.25, -0.2) is 9.59 Å². The Labute approximate surface area is 149 Å². The van der Waals surface area contributed by atoms with E-state index in [0.29, 0.717) is 12.2 Å². The van der Waals surface area contributed by atoms with Crippen molar-refractivity contribution in [3.8, 4) is 5.75 Å². The maximum Gasteiger partial charge on any atom is 0.414 e. The smallest absolute Gasteiger partial charge is 0.414 e. The predicted octanol–water partition coefficient (Wildman–Crippen LogP) is 3.04. The maximum atomic E-state index is 12.3. The van der Waals surface area contributed by atoms with Crippen molar-refractivity contribution < 1.29 is 24.2 Å². The van der Waals surface area contributed by atoms with Gasteiger partial charge in [0.2, 0.25) is 0 Å². The molecule has 0 saturated heterocycles. The SMILES string of the molecule is CN(C)C(=O)Oc1ccc(C(CCO)N(C)C(=O)OC(C)(C)C)cc1. The van der Waals surface area contributed by atoms with Gasteiger partial charge in [0.1, 0.15) is 11.4 Å². The van der Waals surface area contributed by atoms with E-state index in [1.807, 2.05) is 0 Å². The number of aliphatic hydroxyl groups is 1. The molecule has 0 heterocycles. The van der Waals surface area contributed by atoms with Gasteiger partial charge in [-0.15, -0.1) is 0 Å². The lowest BCUT2D eigenvalue weighted by molar-refractivity contribution is 0.0198. The summed E-state index contributed by atoms with van der Waals surface area (Å²) in [6.45, 7) is 5.32. The summed E-state index contributed by atoms with van der Waals surface area (Å²) in [4.78, 5) is 26.6. The number of rotatable bonds is 5. The van der Waals surface area contributed by atoms with Crippen LogP contribution in [0.5, 0.6) is 5.75 Å². The Morgan fingerprint density at radius 1 is 1.08 bits per heavy atom. The molecule has 7 heteroatoms. The number of benzene rings is 1. The minimum absolute atomic E-state index is 0.0742. The van der Waals surface area contributed by atoms with Crippen molar-refractivity contribution in [3.05, 3.63) is 29.8 Å². The summed E-state index contributed by atoms with van der Waals surface area (Å²) in [7, 11) is 4.84. The summed E-state index contributed by atoms with van der Waals surface area (Å²) < 4.78 is 10.6. The van der Waals surface area contributed by atoms with Crippen molar-refractivity contribution in [1.82, 2.24) is 9.80 Å². The highest BCUT2D eigenvalue weighted by atomic mass is 16.6. The first-order chi connectivity index (χ1) is 11.5. The minimum Gasteiger partial charge on any atom is -0.444 e. The van der Waals surface area contributed by atoms with Crippen molar-refractivity contribution in [2.24, 2.45) is 0 Å². The van der Waals surface area contributed by atoms with Crippen molar-refractivity contribution >= 4 is 12.2 Å². The highest BCUT2D eigenvalue weighted by Gasteiger charge is 2.26. The van der Waals surface area contributed by atoms with E-state index in [1.54, 1.807) is 66.2 Å². The minimum atomic E-state index is -0.598. The third-order valence-electron chi connectivity index (χ3n) is 3.39. The Morgan fingerprint density at radius 2 is 1.64 bits per heavy atom. The normalized spacial score (nSPS) is 12.3. The topological polar surface area (TPSA) is 79.3 Å². The lowest BCUT2D eigenvalue weighted by Gasteiger charge is -2.31. The van der Waals surface area contributed by atoms with E-state index in [-0.39, 0.29) is 12.6 Å². The van der Waals surface area contributed by atoms with Crippen LogP contribution in [0.25, 0.3) is 0 Å². The fourth-order valence-electron chi connectivity index (χ4n) is 2.12. The van der Waals surface area contributed by atoms with Gasteiger partial charge in [0.05, 0.1) is 6.04 Å². The van der Waals surface area contributed by atoms with Gasteiger partial charge in [0.15, 0.2) is 0 Å². The van der Waals surface area contributed by atoms with Crippen LogP contribution in [-0.2, 0) is 4.74 Å². The Kier molecular flexibility index (Phi) is 7.23. The molecule has 0 fully saturated rings. The van der Waals surface area contributed by atoms with E-state index in [9.17, 15) is 14.7 Å². The number of carbonyl (C=O) groups excluding carboxylic acids is 2. The molecule has 0 saturated carbocycles. The summed E-state index contributed by atoms with van der Waals surface area (Å²) in [5.41, 5.74) is 0.214. The molecule has 0 aliphatic carbocycles. The van der Waals surface area contributed by atoms with Crippen LogP contribution >= 0.6 is 0 Å². The molecule has 0 spiro atoms. The van der Waals surface area contributed by atoms with Crippen LogP contribution in [0.15, 0.2) is 24.3 Å². The Hall–Kier alpha value is -2.28. The zero-order valence-electron chi connectivity index (χ0n) is 15.8. The molecule has 0 aliphatic rings. The molecule has 0 aromatic heterocycles. The third-order valence-corrected chi connectivity index (χ3v) is 3.39. The van der Waals surface area contributed by atoms with Gasteiger partial charge in [-0.05, 0) is 44.9 Å². The molecular weight excluding hydrogens is 324 g/mol. The van der Waals surface area contributed by atoms with Gasteiger partial charge >= 0.3 is 12.2 Å². The fraction of sp³-hybridized carbons (Fsp3) is 0.556. The second kappa shape index (κ2) is 8.71. The predicted molar refractivity (Wildman–Crippen MR) is 94.6 cm³/mol. The summed E-state index contributed by atoms with van der Waals surface area (Å²) in [5, 5.41) is 9.34. The zero-order chi connectivity index (χ0) is 19.2. The maximum absolute atomic E-state index is 12.3. The first-order valence-corrected chi connectivity index (χ1v) is 8.11. The van der Waals surface area contributed by atoms with Crippen molar-refractivity contribution in [2.45, 2.75) is 38.8 Å². The number of hydrogen-bond donors (Lipinski definition) is 1. The number of nitrogens with zero attached hydrogens (tertiary/aromatic N) is 2. The highest BCUT2D eigenvalue weighted by Crippen LogP contribution is 2.26. The van der Waals surface area contributed by atoms with Gasteiger partial charge in [-0.2, -0.15) is 0 Å². The van der Waals surface area contributed by atoms with Crippen molar-refractivity contribution in [3.63, 3.8) is 0 Å². The molecule has 7 nitrogen and oxygen atoms in total. The standard InChI is InChI=1S/C18H28N2O5/c1-18(2,3)25-17(23)20(6)15(11-12-21)13-7-9-14(10-8-13)24-16(22)19(4)5/h7-10,15,21H,11-12H2,1-6H3. The summed E-state index contributed by atoms with van der Waals surface area (Å²) in [6, 6.07) is 6.49. The number of hydrogen-bond acceptors (Lipinski definition) is 5. The van der Waals surface area contributed by atoms with Crippen LogP contribution in [0.4, 0.5) is 9.59 Å². The second-order valence-electron chi connectivity index (χ2n) is 6.95. The largest absolute Gasteiger partial charge is 0.444 e. The zero-order valence-corrected chi connectivity index (χ0v) is 15.8. The number of amides is 2. The Bertz CT molecular complexity index is 578. The third kappa shape index (κ3) is 6.62. The first kappa shape index (κ1) is 20.8. The van der Waals surface area contributed by atoms with Gasteiger partial charge in [0.25, 0.3) is 0 Å². The van der Waals surface area contributed by atoms with Gasteiger partial charge in [-0.1, -0.05) is 12.1 Å². The van der Waals surface area contributed by atoms with E-state index in [2.05, 4.69) is 0 Å². The van der Waals surface area contributed by atoms with Gasteiger partial charge in [-0.3, -0.25) is 0 Å². The van der Waals surface area contributed by atoms with Gasteiger partial charge < -0.3 is 24.4 Å². The molecule has 0 aliphatic heterocycles. The molecule has 1 rings (SSSR count). The van der Waals surface area contributed by atoms with Gasteiger partial charge in [0, 0.05) is 27.7 Å². The second-order valence-corrected chi connectivity index (χ2v) is 6.95. The lowest BCUT2D eigenvalue weighted by Crippen LogP contribution is -2.37. The molecule has 1 unspecified atom stereocenters. The van der Waals surface area contributed by atoms with Crippen LogP contribution in [0.3, 0.4) is 0 Å². The molecule has 140 valence electrons. The van der Waals surface area contributed by atoms with Crippen LogP contribution in [-0.4, -0.2) is 60.4 Å². The fourth-order valence-corrected chi connectivity index (χ4v) is 2.12. The quantitative estimate of drug-likeness (QED) is 0.881. The van der Waals surface area contributed by atoms with Crippen LogP contribution in [0.1, 0.15) is 38.8 Å². The average molecular weight is 352 g/mol. The van der Waals surface area contributed by atoms with Crippen molar-refractivity contribution in [1.29, 1.82) is 0 Å². The molecule has 1 N–H and O–H groups in total. The number of carbonyl (C=O) groups is 2. The molecule has 1 aromatic rings. The van der Waals surface area contributed by atoms with Crippen LogP contribution in [0, 0.1) is 0 Å². The van der Waals surface area contributed by atoms with E-state index in [0.717, 1.165) is 5.56 Å². The number of ether oxygens (including phenoxy) is 2. The van der Waals surface area contributed by atoms with Crippen LogP contribution in [0.2, 0.25) is 0 Å². The first-order valence-electron chi connectivity index (χ1n) is 8.11. The molecule has 25 heavy (non-hydrogen) atoms. The van der Waals surface area contributed by atoms with Crippen LogP contribution < -0.4 is 4.74 Å². The molecule has 0 radical (unpaired) electrons. The Morgan fingerprint density at radius 3 is 2.08 bits per heavy atom. The van der Waals surface area contributed by atoms with E-state index in [1.165, 1.54) is 9.80 Å². The summed E-state index contributed by atoms with van der Waals surface area (Å²) in [6.07, 6.45) is -0.563. The molecular formula is C18H28N2O5. The highest BCUT2D eigenvalue weighted by molar-refractivity contribution is 5.70. The summed E-state index contributed by atoms with van der Waals surface area (Å²) >= 11 is 0. The van der Waals surface area contributed by atoms with E-state index < -0.39 is 17.8 Å².